The van der Waals surface area contributed by atoms with E-state index in [0.29, 0.717) is 12.8 Å². The molecule has 0 aliphatic heterocycles. The lowest BCUT2D eigenvalue weighted by atomic mass is 9.93. The maximum Gasteiger partial charge on any atom is 0.137 e. The number of nitrogens with zero attached hydrogens (tertiary/aromatic N) is 1. The van der Waals surface area contributed by atoms with Gasteiger partial charge in [-0.1, -0.05) is 60.6 Å². The summed E-state index contributed by atoms with van der Waals surface area (Å²) < 4.78 is 5.27. The number of aliphatic hydroxyl groups is 2. The van der Waals surface area contributed by atoms with Crippen molar-refractivity contribution in [3.8, 4) is 22.4 Å². The summed E-state index contributed by atoms with van der Waals surface area (Å²) in [6, 6.07) is 18.5. The van der Waals surface area contributed by atoms with Crippen molar-refractivity contribution >= 4 is 0 Å². The quantitative estimate of drug-likeness (QED) is 0.569. The summed E-state index contributed by atoms with van der Waals surface area (Å²) in [7, 11) is 0. The predicted molar refractivity (Wildman–Crippen MR) is 106 cm³/mol. The monoisotopic (exact) mass is 366 g/mol. The molecular formula is C22H26N2O3. The highest BCUT2D eigenvalue weighted by atomic mass is 16.5. The van der Waals surface area contributed by atoms with E-state index in [1.165, 1.54) is 0 Å². The number of rotatable bonds is 8. The first-order valence-electron chi connectivity index (χ1n) is 9.23. The number of aromatic nitrogens is 1. The van der Waals surface area contributed by atoms with Crippen LogP contribution in [0.1, 0.15) is 24.7 Å². The summed E-state index contributed by atoms with van der Waals surface area (Å²) in [6.45, 7) is 1.59. The van der Waals surface area contributed by atoms with Crippen LogP contribution in [0.15, 0.2) is 59.1 Å². The fraction of sp³-hybridized carbons (Fsp3) is 0.318. The second-order valence-corrected chi connectivity index (χ2v) is 6.98. The van der Waals surface area contributed by atoms with E-state index >= 15 is 0 Å². The van der Waals surface area contributed by atoms with Gasteiger partial charge in [0.25, 0.3) is 0 Å². The molecule has 5 heteroatoms. The third-order valence-electron chi connectivity index (χ3n) is 4.92. The molecule has 1 aromatic heterocycles. The minimum Gasteiger partial charge on any atom is -0.394 e. The molecule has 0 spiro atoms. The van der Waals surface area contributed by atoms with Gasteiger partial charge in [-0.3, -0.25) is 0 Å². The number of aryl methyl sites for hydroxylation is 2. The van der Waals surface area contributed by atoms with Crippen LogP contribution in [-0.4, -0.2) is 34.1 Å². The highest BCUT2D eigenvalue weighted by Crippen LogP contribution is 2.25. The Morgan fingerprint density at radius 3 is 2.00 bits per heavy atom. The Morgan fingerprint density at radius 1 is 0.926 bits per heavy atom. The Morgan fingerprint density at radius 2 is 1.48 bits per heavy atom. The Hall–Kier alpha value is -2.47. The molecule has 0 saturated carbocycles. The van der Waals surface area contributed by atoms with Crippen LogP contribution in [0.25, 0.3) is 22.4 Å². The van der Waals surface area contributed by atoms with Gasteiger partial charge in [0.1, 0.15) is 11.5 Å². The first-order valence-corrected chi connectivity index (χ1v) is 9.23. The number of nitrogens with two attached hydrogens (primary N) is 1. The molecule has 3 aromatic rings. The fourth-order valence-electron chi connectivity index (χ4n) is 2.91. The Kier molecular flexibility index (Phi) is 6.06. The van der Waals surface area contributed by atoms with Crippen LogP contribution in [0, 0.1) is 0 Å². The lowest BCUT2D eigenvalue weighted by molar-refractivity contribution is 0.115. The standard InChI is InChI=1S/C22H26N2O3/c1-2-20-13-21(24-27-20)19-9-7-18(8-10-19)17-5-3-16(4-6-17)11-12-22(23,14-25)15-26/h3-10,13,25-26H,2,11-12,14-15,23H2,1H3. The van der Waals surface area contributed by atoms with E-state index in [9.17, 15) is 10.2 Å². The van der Waals surface area contributed by atoms with Crippen LogP contribution in [0.2, 0.25) is 0 Å². The van der Waals surface area contributed by atoms with Gasteiger partial charge >= 0.3 is 0 Å². The second kappa shape index (κ2) is 8.48. The molecule has 2 aromatic carbocycles. The minimum atomic E-state index is -0.923. The molecule has 0 fully saturated rings. The highest BCUT2D eigenvalue weighted by molar-refractivity contribution is 5.68. The molecule has 3 rings (SSSR count). The minimum absolute atomic E-state index is 0.223. The third kappa shape index (κ3) is 4.63. The Balaban J connectivity index is 1.68. The maximum atomic E-state index is 9.28. The average Bonchev–Trinajstić information content (AvgIpc) is 3.22. The molecule has 0 unspecified atom stereocenters. The molecule has 0 radical (unpaired) electrons. The second-order valence-electron chi connectivity index (χ2n) is 6.98. The molecule has 0 bridgehead atoms. The molecule has 1 heterocycles. The van der Waals surface area contributed by atoms with Crippen LogP contribution in [0.5, 0.6) is 0 Å². The number of benzene rings is 2. The van der Waals surface area contributed by atoms with Gasteiger partial charge < -0.3 is 20.5 Å². The van der Waals surface area contributed by atoms with E-state index in [1.807, 2.05) is 25.1 Å². The summed E-state index contributed by atoms with van der Waals surface area (Å²) >= 11 is 0. The van der Waals surface area contributed by atoms with Crippen molar-refractivity contribution in [3.05, 3.63) is 65.9 Å². The Bertz CT molecular complexity index is 850. The van der Waals surface area contributed by atoms with Crippen molar-refractivity contribution < 1.29 is 14.7 Å². The van der Waals surface area contributed by atoms with Crippen LogP contribution in [-0.2, 0) is 12.8 Å². The van der Waals surface area contributed by atoms with Crippen LogP contribution >= 0.6 is 0 Å². The smallest absolute Gasteiger partial charge is 0.137 e. The molecule has 4 N–H and O–H groups in total. The van der Waals surface area contributed by atoms with E-state index in [0.717, 1.165) is 40.1 Å². The highest BCUT2D eigenvalue weighted by Gasteiger charge is 2.22. The number of hydrogen-bond donors (Lipinski definition) is 3. The summed E-state index contributed by atoms with van der Waals surface area (Å²) in [5.41, 5.74) is 10.3. The van der Waals surface area contributed by atoms with Gasteiger partial charge in [-0.05, 0) is 29.5 Å². The zero-order valence-electron chi connectivity index (χ0n) is 15.6. The molecule has 0 atom stereocenters. The van der Waals surface area contributed by atoms with E-state index < -0.39 is 5.54 Å². The van der Waals surface area contributed by atoms with Gasteiger partial charge in [0.05, 0.1) is 18.8 Å². The van der Waals surface area contributed by atoms with Crippen molar-refractivity contribution in [1.82, 2.24) is 5.16 Å². The zero-order valence-corrected chi connectivity index (χ0v) is 15.6. The first-order chi connectivity index (χ1) is 13.1. The van der Waals surface area contributed by atoms with Gasteiger partial charge in [0.15, 0.2) is 0 Å². The summed E-state index contributed by atoms with van der Waals surface area (Å²) in [5.74, 6) is 0.883. The largest absolute Gasteiger partial charge is 0.394 e. The van der Waals surface area contributed by atoms with Gasteiger partial charge in [-0.2, -0.15) is 0 Å². The van der Waals surface area contributed by atoms with Gasteiger partial charge in [-0.25, -0.2) is 0 Å². The third-order valence-corrected chi connectivity index (χ3v) is 4.92. The van der Waals surface area contributed by atoms with Gasteiger partial charge in [0, 0.05) is 18.1 Å². The molecule has 142 valence electrons. The van der Waals surface area contributed by atoms with E-state index in [4.69, 9.17) is 10.3 Å². The van der Waals surface area contributed by atoms with Crippen molar-refractivity contribution in [2.45, 2.75) is 31.7 Å². The zero-order chi connectivity index (χ0) is 19.3. The maximum absolute atomic E-state index is 9.28. The van der Waals surface area contributed by atoms with Crippen molar-refractivity contribution in [3.63, 3.8) is 0 Å². The summed E-state index contributed by atoms with van der Waals surface area (Å²) in [4.78, 5) is 0. The summed E-state index contributed by atoms with van der Waals surface area (Å²) in [6.07, 6.45) is 2.08. The van der Waals surface area contributed by atoms with E-state index in [-0.39, 0.29) is 13.2 Å². The molecular weight excluding hydrogens is 340 g/mol. The van der Waals surface area contributed by atoms with Crippen LogP contribution in [0.3, 0.4) is 0 Å². The first kappa shape index (κ1) is 19.3. The Labute approximate surface area is 159 Å². The van der Waals surface area contributed by atoms with Gasteiger partial charge in [0.2, 0.25) is 0 Å². The fourth-order valence-corrected chi connectivity index (χ4v) is 2.91. The van der Waals surface area contributed by atoms with E-state index in [2.05, 4.69) is 41.6 Å². The van der Waals surface area contributed by atoms with Crippen molar-refractivity contribution in [1.29, 1.82) is 0 Å². The molecule has 0 aliphatic carbocycles. The SMILES string of the molecule is CCc1cc(-c2ccc(-c3ccc(CCC(N)(CO)CO)cc3)cc2)no1. The molecule has 27 heavy (non-hydrogen) atoms. The molecule has 0 aliphatic rings. The van der Waals surface area contributed by atoms with Crippen LogP contribution in [0.4, 0.5) is 0 Å². The number of aliphatic hydroxyl groups excluding tert-OH is 2. The lowest BCUT2D eigenvalue weighted by Crippen LogP contribution is -2.47. The van der Waals surface area contributed by atoms with Crippen molar-refractivity contribution in [2.24, 2.45) is 5.73 Å². The number of hydrogen-bond acceptors (Lipinski definition) is 5. The molecule has 0 saturated heterocycles. The van der Waals surface area contributed by atoms with Crippen molar-refractivity contribution in [2.75, 3.05) is 13.2 Å². The predicted octanol–water partition coefficient (Wildman–Crippen LogP) is 3.19. The molecule has 0 amide bonds. The van der Waals surface area contributed by atoms with E-state index in [1.54, 1.807) is 0 Å². The van der Waals surface area contributed by atoms with Crippen LogP contribution < -0.4 is 5.73 Å². The normalized spacial score (nSPS) is 11.7. The topological polar surface area (TPSA) is 92.5 Å². The van der Waals surface area contributed by atoms with Gasteiger partial charge in [-0.15, -0.1) is 0 Å². The average molecular weight is 366 g/mol. The lowest BCUT2D eigenvalue weighted by Gasteiger charge is -2.24. The summed E-state index contributed by atoms with van der Waals surface area (Å²) in [5, 5.41) is 22.7. The molecule has 5 nitrogen and oxygen atoms in total.